The van der Waals surface area contributed by atoms with Crippen LogP contribution in [0, 0.1) is 5.41 Å². The molecule has 1 spiro atoms. The number of aliphatic imine (C=N–C) groups is 1. The number of nitrogens with zero attached hydrogens (tertiary/aromatic N) is 2. The Bertz CT molecular complexity index is 280. The van der Waals surface area contributed by atoms with Gasteiger partial charge in [-0.1, -0.05) is 6.42 Å². The average molecular weight is 359 g/mol. The number of alkyl halides is 2. The van der Waals surface area contributed by atoms with E-state index >= 15 is 0 Å². The third-order valence-corrected chi connectivity index (χ3v) is 3.78. The van der Waals surface area contributed by atoms with Crippen LogP contribution in [0.3, 0.4) is 0 Å². The van der Waals surface area contributed by atoms with Gasteiger partial charge < -0.3 is 10.2 Å². The number of hydrogen-bond donors (Lipinski definition) is 1. The summed E-state index contributed by atoms with van der Waals surface area (Å²) in [6.45, 7) is 1.62. The van der Waals surface area contributed by atoms with Crippen molar-refractivity contribution >= 4 is 29.9 Å². The average Bonchev–Trinajstić information content (AvgIpc) is 2.63. The molecule has 100 valence electrons. The second kappa shape index (κ2) is 6.15. The standard InChI is InChI=1S/C11H19F2N3.HI/c1-14-10(15-7-9(12)13)16-6-5-11(8-16)3-2-4-11;/h9H,2-8H2,1H3,(H,14,15);1H. The molecule has 1 saturated carbocycles. The van der Waals surface area contributed by atoms with E-state index in [1.165, 1.54) is 25.7 Å². The van der Waals surface area contributed by atoms with Crippen LogP contribution in [0.1, 0.15) is 25.7 Å². The molecule has 0 aromatic rings. The van der Waals surface area contributed by atoms with Gasteiger partial charge in [0.15, 0.2) is 5.96 Å². The van der Waals surface area contributed by atoms with Gasteiger partial charge in [0, 0.05) is 20.1 Å². The van der Waals surface area contributed by atoms with E-state index in [0.29, 0.717) is 11.4 Å². The van der Waals surface area contributed by atoms with Crippen molar-refractivity contribution < 1.29 is 8.78 Å². The van der Waals surface area contributed by atoms with Crippen LogP contribution in [0.4, 0.5) is 8.78 Å². The topological polar surface area (TPSA) is 27.6 Å². The number of guanidine groups is 1. The van der Waals surface area contributed by atoms with Gasteiger partial charge in [-0.05, 0) is 24.7 Å². The van der Waals surface area contributed by atoms with Crippen LogP contribution < -0.4 is 5.32 Å². The summed E-state index contributed by atoms with van der Waals surface area (Å²) < 4.78 is 24.2. The van der Waals surface area contributed by atoms with E-state index in [2.05, 4.69) is 15.2 Å². The van der Waals surface area contributed by atoms with Gasteiger partial charge in [-0.2, -0.15) is 0 Å². The molecule has 0 unspecified atom stereocenters. The molecule has 2 fully saturated rings. The zero-order valence-electron chi connectivity index (χ0n) is 10.1. The lowest BCUT2D eigenvalue weighted by atomic mass is 9.68. The van der Waals surface area contributed by atoms with Crippen LogP contribution in [0.5, 0.6) is 0 Å². The van der Waals surface area contributed by atoms with Gasteiger partial charge in [-0.25, -0.2) is 8.78 Å². The van der Waals surface area contributed by atoms with Gasteiger partial charge in [0.25, 0.3) is 6.43 Å². The Balaban J connectivity index is 0.00000144. The highest BCUT2D eigenvalue weighted by atomic mass is 127. The Morgan fingerprint density at radius 1 is 1.41 bits per heavy atom. The third kappa shape index (κ3) is 3.42. The van der Waals surface area contributed by atoms with Crippen molar-refractivity contribution in [2.45, 2.75) is 32.1 Å². The highest BCUT2D eigenvalue weighted by Gasteiger charge is 2.43. The Hall–Kier alpha value is -0.140. The minimum Gasteiger partial charge on any atom is -0.351 e. The highest BCUT2D eigenvalue weighted by Crippen LogP contribution is 2.47. The smallest absolute Gasteiger partial charge is 0.255 e. The fourth-order valence-electron chi connectivity index (χ4n) is 2.70. The monoisotopic (exact) mass is 359 g/mol. The molecule has 1 saturated heterocycles. The van der Waals surface area contributed by atoms with Crippen molar-refractivity contribution in [1.82, 2.24) is 10.2 Å². The summed E-state index contributed by atoms with van der Waals surface area (Å²) >= 11 is 0. The fourth-order valence-corrected chi connectivity index (χ4v) is 2.70. The first kappa shape index (κ1) is 14.9. The molecule has 2 aliphatic rings. The van der Waals surface area contributed by atoms with E-state index in [1.807, 2.05) is 0 Å². The quantitative estimate of drug-likeness (QED) is 0.466. The number of rotatable bonds is 2. The van der Waals surface area contributed by atoms with Crippen LogP contribution in [0.2, 0.25) is 0 Å². The van der Waals surface area contributed by atoms with E-state index in [1.54, 1.807) is 7.05 Å². The zero-order chi connectivity index (χ0) is 11.6. The molecule has 0 aromatic heterocycles. The Morgan fingerprint density at radius 2 is 2.12 bits per heavy atom. The summed E-state index contributed by atoms with van der Waals surface area (Å²) in [5, 5.41) is 2.72. The first-order valence-electron chi connectivity index (χ1n) is 5.89. The maximum absolute atomic E-state index is 12.1. The van der Waals surface area contributed by atoms with Gasteiger partial charge >= 0.3 is 0 Å². The van der Waals surface area contributed by atoms with Crippen molar-refractivity contribution in [3.05, 3.63) is 0 Å². The highest BCUT2D eigenvalue weighted by molar-refractivity contribution is 14.0. The molecule has 17 heavy (non-hydrogen) atoms. The van der Waals surface area contributed by atoms with E-state index in [-0.39, 0.29) is 30.5 Å². The first-order chi connectivity index (χ1) is 7.65. The Morgan fingerprint density at radius 3 is 2.53 bits per heavy atom. The van der Waals surface area contributed by atoms with Crippen molar-refractivity contribution in [2.75, 3.05) is 26.7 Å². The predicted molar refractivity (Wildman–Crippen MR) is 75.3 cm³/mol. The first-order valence-corrected chi connectivity index (χ1v) is 5.89. The Kier molecular flexibility index (Phi) is 5.40. The van der Waals surface area contributed by atoms with Crippen molar-refractivity contribution in [1.29, 1.82) is 0 Å². The van der Waals surface area contributed by atoms with Gasteiger partial charge in [0.2, 0.25) is 0 Å². The summed E-state index contributed by atoms with van der Waals surface area (Å²) in [6.07, 6.45) is 2.75. The summed E-state index contributed by atoms with van der Waals surface area (Å²) in [4.78, 5) is 6.18. The second-order valence-electron chi connectivity index (χ2n) is 4.84. The molecular weight excluding hydrogens is 339 g/mol. The fraction of sp³-hybridized carbons (Fsp3) is 0.909. The van der Waals surface area contributed by atoms with Crippen LogP contribution in [-0.4, -0.2) is 44.0 Å². The maximum atomic E-state index is 12.1. The van der Waals surface area contributed by atoms with Crippen LogP contribution >= 0.6 is 24.0 Å². The molecule has 1 heterocycles. The molecule has 2 rings (SSSR count). The van der Waals surface area contributed by atoms with Crippen LogP contribution in [-0.2, 0) is 0 Å². The SMILES string of the molecule is CN=C(NCC(F)F)N1CCC2(CCC2)C1.I. The molecule has 0 radical (unpaired) electrons. The van der Waals surface area contributed by atoms with E-state index in [0.717, 1.165) is 13.1 Å². The van der Waals surface area contributed by atoms with Crippen LogP contribution in [0.25, 0.3) is 0 Å². The van der Waals surface area contributed by atoms with Crippen LogP contribution in [0.15, 0.2) is 4.99 Å². The number of halogens is 3. The van der Waals surface area contributed by atoms with Gasteiger partial charge in [0.05, 0.1) is 6.54 Å². The third-order valence-electron chi connectivity index (χ3n) is 3.78. The lowest BCUT2D eigenvalue weighted by molar-refractivity contribution is 0.145. The largest absolute Gasteiger partial charge is 0.351 e. The Labute approximate surface area is 118 Å². The summed E-state index contributed by atoms with van der Waals surface area (Å²) in [7, 11) is 1.65. The van der Waals surface area contributed by atoms with Gasteiger partial charge in [0.1, 0.15) is 0 Å². The molecule has 1 aliphatic carbocycles. The molecule has 0 bridgehead atoms. The van der Waals surface area contributed by atoms with E-state index in [4.69, 9.17) is 0 Å². The van der Waals surface area contributed by atoms with Gasteiger partial charge in [-0.3, -0.25) is 4.99 Å². The summed E-state index contributed by atoms with van der Waals surface area (Å²) in [5.74, 6) is 0.629. The lowest BCUT2D eigenvalue weighted by Crippen LogP contribution is -2.43. The zero-order valence-corrected chi connectivity index (χ0v) is 12.4. The normalized spacial score (nSPS) is 22.6. The van der Waals surface area contributed by atoms with Crippen molar-refractivity contribution in [3.8, 4) is 0 Å². The molecule has 1 aliphatic heterocycles. The van der Waals surface area contributed by atoms with Crippen molar-refractivity contribution in [3.63, 3.8) is 0 Å². The molecule has 1 N–H and O–H groups in total. The van der Waals surface area contributed by atoms with E-state index < -0.39 is 6.43 Å². The molecule has 6 heteroatoms. The maximum Gasteiger partial charge on any atom is 0.255 e. The predicted octanol–water partition coefficient (Wildman–Crippen LogP) is 2.32. The van der Waals surface area contributed by atoms with Gasteiger partial charge in [-0.15, -0.1) is 24.0 Å². The minimum atomic E-state index is -2.32. The lowest BCUT2D eigenvalue weighted by Gasteiger charge is -2.38. The van der Waals surface area contributed by atoms with Crippen molar-refractivity contribution in [2.24, 2.45) is 10.4 Å². The summed E-state index contributed by atoms with van der Waals surface area (Å²) in [5.41, 5.74) is 0.475. The molecule has 0 aromatic carbocycles. The second-order valence-corrected chi connectivity index (χ2v) is 4.84. The molecule has 3 nitrogen and oxygen atoms in total. The number of hydrogen-bond acceptors (Lipinski definition) is 1. The number of nitrogens with one attached hydrogen (secondary N) is 1. The minimum absolute atomic E-state index is 0. The van der Waals surface area contributed by atoms with E-state index in [9.17, 15) is 8.78 Å². The number of likely N-dealkylation sites (tertiary alicyclic amines) is 1. The summed E-state index contributed by atoms with van der Waals surface area (Å²) in [6, 6.07) is 0. The molecular formula is C11H20F2IN3. The molecule has 0 amide bonds. The molecule has 0 atom stereocenters.